The lowest BCUT2D eigenvalue weighted by Crippen LogP contribution is -2.08. The number of carboxylic acid groups (broad SMARTS) is 1. The molecule has 0 atom stereocenters. The van der Waals surface area contributed by atoms with Crippen LogP contribution in [0.1, 0.15) is 6.42 Å². The molecule has 11 heavy (non-hydrogen) atoms. The highest BCUT2D eigenvalue weighted by atomic mass is 16.4. The standard InChI is InChI=1S/C8H13NO2/c1-4-5-7(8(10)11)6-9(2)3/h4,6H,1,5H2,2-3H3,(H,10,11). The third kappa shape index (κ3) is 4.19. The molecule has 0 spiro atoms. The summed E-state index contributed by atoms with van der Waals surface area (Å²) in [6.07, 6.45) is 3.54. The van der Waals surface area contributed by atoms with Gasteiger partial charge in [-0.15, -0.1) is 6.58 Å². The van der Waals surface area contributed by atoms with E-state index in [9.17, 15) is 4.79 Å². The summed E-state index contributed by atoms with van der Waals surface area (Å²) in [5.74, 6) is -0.890. The number of hydrogen-bond donors (Lipinski definition) is 1. The first-order valence-electron chi connectivity index (χ1n) is 3.29. The van der Waals surface area contributed by atoms with Gasteiger partial charge in [-0.05, 0) is 6.42 Å². The lowest BCUT2D eigenvalue weighted by atomic mass is 10.2. The molecule has 1 N–H and O–H groups in total. The van der Waals surface area contributed by atoms with Gasteiger partial charge in [-0.2, -0.15) is 0 Å². The van der Waals surface area contributed by atoms with Crippen LogP contribution in [0.3, 0.4) is 0 Å². The zero-order chi connectivity index (χ0) is 8.85. The third-order valence-electron chi connectivity index (χ3n) is 1.05. The maximum atomic E-state index is 10.5. The molecular weight excluding hydrogens is 142 g/mol. The molecule has 0 aliphatic heterocycles. The van der Waals surface area contributed by atoms with Crippen LogP contribution in [0.2, 0.25) is 0 Å². The summed E-state index contributed by atoms with van der Waals surface area (Å²) in [6.45, 7) is 3.47. The van der Waals surface area contributed by atoms with Gasteiger partial charge < -0.3 is 10.0 Å². The Hall–Kier alpha value is -1.25. The number of rotatable bonds is 4. The van der Waals surface area contributed by atoms with Crippen molar-refractivity contribution in [1.82, 2.24) is 4.90 Å². The fourth-order valence-electron chi connectivity index (χ4n) is 0.662. The van der Waals surface area contributed by atoms with E-state index in [0.717, 1.165) is 0 Å². The van der Waals surface area contributed by atoms with Crippen LogP contribution in [0.4, 0.5) is 0 Å². The molecule has 62 valence electrons. The summed E-state index contributed by atoms with van der Waals surface area (Å²) in [7, 11) is 3.57. The molecule has 0 aromatic heterocycles. The van der Waals surface area contributed by atoms with Crippen LogP contribution < -0.4 is 0 Å². The summed E-state index contributed by atoms with van der Waals surface area (Å²) >= 11 is 0. The van der Waals surface area contributed by atoms with Gasteiger partial charge in [0.15, 0.2) is 0 Å². The van der Waals surface area contributed by atoms with Gasteiger partial charge in [0, 0.05) is 20.3 Å². The maximum Gasteiger partial charge on any atom is 0.333 e. The fourth-order valence-corrected chi connectivity index (χ4v) is 0.662. The van der Waals surface area contributed by atoms with Gasteiger partial charge in [0.05, 0.1) is 5.57 Å². The zero-order valence-electron chi connectivity index (χ0n) is 6.87. The molecule has 0 saturated heterocycles. The average Bonchev–Trinajstić information content (AvgIpc) is 1.86. The van der Waals surface area contributed by atoms with Crippen LogP contribution in [-0.2, 0) is 4.79 Å². The Morgan fingerprint density at radius 2 is 2.18 bits per heavy atom. The molecule has 0 heterocycles. The maximum absolute atomic E-state index is 10.5. The van der Waals surface area contributed by atoms with E-state index >= 15 is 0 Å². The zero-order valence-corrected chi connectivity index (χ0v) is 6.87. The Balaban J connectivity index is 4.32. The number of carboxylic acids is 1. The largest absolute Gasteiger partial charge is 0.478 e. The summed E-state index contributed by atoms with van der Waals surface area (Å²) in [5.41, 5.74) is 0.352. The second-order valence-electron chi connectivity index (χ2n) is 2.42. The van der Waals surface area contributed by atoms with E-state index < -0.39 is 5.97 Å². The molecule has 3 nitrogen and oxygen atoms in total. The van der Waals surface area contributed by atoms with Crippen molar-refractivity contribution in [3.05, 3.63) is 24.4 Å². The predicted molar refractivity (Wildman–Crippen MR) is 44.2 cm³/mol. The molecule has 0 rings (SSSR count). The summed E-state index contributed by atoms with van der Waals surface area (Å²) in [6, 6.07) is 0. The Kier molecular flexibility index (Phi) is 4.03. The fraction of sp³-hybridized carbons (Fsp3) is 0.375. The topological polar surface area (TPSA) is 40.5 Å². The number of allylic oxidation sites excluding steroid dienone is 1. The van der Waals surface area contributed by atoms with E-state index in [1.165, 1.54) is 0 Å². The van der Waals surface area contributed by atoms with Crippen LogP contribution in [0.5, 0.6) is 0 Å². The highest BCUT2D eigenvalue weighted by Gasteiger charge is 2.03. The van der Waals surface area contributed by atoms with Gasteiger partial charge >= 0.3 is 5.97 Å². The van der Waals surface area contributed by atoms with E-state index in [1.54, 1.807) is 31.3 Å². The van der Waals surface area contributed by atoms with Crippen molar-refractivity contribution >= 4 is 5.97 Å². The quantitative estimate of drug-likeness (QED) is 0.488. The Bertz CT molecular complexity index is 183. The van der Waals surface area contributed by atoms with Gasteiger partial charge in [0.25, 0.3) is 0 Å². The van der Waals surface area contributed by atoms with Gasteiger partial charge in [-0.25, -0.2) is 4.79 Å². The second kappa shape index (κ2) is 4.55. The van der Waals surface area contributed by atoms with Gasteiger partial charge in [-0.3, -0.25) is 0 Å². The van der Waals surface area contributed by atoms with Crippen molar-refractivity contribution in [3.8, 4) is 0 Å². The van der Waals surface area contributed by atoms with Crippen LogP contribution in [-0.4, -0.2) is 30.1 Å². The van der Waals surface area contributed by atoms with Crippen LogP contribution in [0.15, 0.2) is 24.4 Å². The molecule has 0 fully saturated rings. The van der Waals surface area contributed by atoms with Crippen molar-refractivity contribution in [2.75, 3.05) is 14.1 Å². The molecule has 0 unspecified atom stereocenters. The van der Waals surface area contributed by atoms with E-state index in [1.807, 2.05) is 0 Å². The molecule has 0 bridgehead atoms. The first-order chi connectivity index (χ1) is 5.07. The van der Waals surface area contributed by atoms with Crippen LogP contribution in [0.25, 0.3) is 0 Å². The highest BCUT2D eigenvalue weighted by Crippen LogP contribution is 2.02. The molecule has 0 aliphatic carbocycles. The van der Waals surface area contributed by atoms with Gasteiger partial charge in [0.1, 0.15) is 0 Å². The SMILES string of the molecule is C=CCC(=CN(C)C)C(=O)O. The van der Waals surface area contributed by atoms with Crippen LogP contribution >= 0.6 is 0 Å². The Morgan fingerprint density at radius 3 is 2.45 bits per heavy atom. The monoisotopic (exact) mass is 155 g/mol. The second-order valence-corrected chi connectivity index (χ2v) is 2.42. The minimum atomic E-state index is -0.890. The minimum absolute atomic E-state index is 0.352. The van der Waals surface area contributed by atoms with E-state index in [0.29, 0.717) is 12.0 Å². The smallest absolute Gasteiger partial charge is 0.333 e. The van der Waals surface area contributed by atoms with Crippen molar-refractivity contribution in [2.45, 2.75) is 6.42 Å². The lowest BCUT2D eigenvalue weighted by molar-refractivity contribution is -0.132. The Morgan fingerprint density at radius 1 is 1.64 bits per heavy atom. The van der Waals surface area contributed by atoms with Gasteiger partial charge in [0.2, 0.25) is 0 Å². The predicted octanol–water partition coefficient (Wildman–Crippen LogP) is 1.09. The highest BCUT2D eigenvalue weighted by molar-refractivity contribution is 5.86. The molecule has 0 aliphatic rings. The van der Waals surface area contributed by atoms with Crippen molar-refractivity contribution in [2.24, 2.45) is 0 Å². The Labute approximate surface area is 66.6 Å². The molecule has 3 heteroatoms. The average molecular weight is 155 g/mol. The minimum Gasteiger partial charge on any atom is -0.478 e. The number of hydrogen-bond acceptors (Lipinski definition) is 2. The number of carbonyl (C=O) groups is 1. The molecule has 0 amide bonds. The summed E-state index contributed by atoms with van der Waals surface area (Å²) in [4.78, 5) is 12.2. The van der Waals surface area contributed by atoms with E-state index in [4.69, 9.17) is 5.11 Å². The normalized spacial score (nSPS) is 10.9. The first-order valence-corrected chi connectivity index (χ1v) is 3.29. The molecular formula is C8H13NO2. The molecule has 0 saturated carbocycles. The number of aliphatic carboxylic acids is 1. The summed E-state index contributed by atoms with van der Waals surface area (Å²) in [5, 5.41) is 8.61. The molecule has 0 radical (unpaired) electrons. The van der Waals surface area contributed by atoms with Gasteiger partial charge in [-0.1, -0.05) is 6.08 Å². The first kappa shape index (κ1) is 9.75. The third-order valence-corrected chi connectivity index (χ3v) is 1.05. The lowest BCUT2D eigenvalue weighted by Gasteiger charge is -2.06. The van der Waals surface area contributed by atoms with E-state index in [2.05, 4.69) is 6.58 Å². The van der Waals surface area contributed by atoms with E-state index in [-0.39, 0.29) is 0 Å². The number of nitrogens with zero attached hydrogens (tertiary/aromatic N) is 1. The van der Waals surface area contributed by atoms with Crippen molar-refractivity contribution in [3.63, 3.8) is 0 Å². The summed E-state index contributed by atoms with van der Waals surface area (Å²) < 4.78 is 0. The van der Waals surface area contributed by atoms with Crippen molar-refractivity contribution in [1.29, 1.82) is 0 Å². The van der Waals surface area contributed by atoms with Crippen LogP contribution in [0, 0.1) is 0 Å². The van der Waals surface area contributed by atoms with Crippen molar-refractivity contribution < 1.29 is 9.90 Å². The molecule has 0 aromatic carbocycles. The molecule has 0 aromatic rings.